The minimum atomic E-state index is -0.888. The fourth-order valence-corrected chi connectivity index (χ4v) is 1.70. The van der Waals surface area contributed by atoms with Crippen molar-refractivity contribution in [1.29, 1.82) is 0 Å². The lowest BCUT2D eigenvalue weighted by Gasteiger charge is -2.28. The van der Waals surface area contributed by atoms with Crippen molar-refractivity contribution in [2.24, 2.45) is 5.92 Å². The van der Waals surface area contributed by atoms with Gasteiger partial charge in [-0.05, 0) is 36.5 Å². The molecule has 1 aliphatic carbocycles. The molecule has 0 saturated heterocycles. The highest BCUT2D eigenvalue weighted by atomic mass is 19.1. The second-order valence-electron chi connectivity index (χ2n) is 3.69. The van der Waals surface area contributed by atoms with Crippen molar-refractivity contribution in [3.05, 3.63) is 29.8 Å². The molecule has 70 valence electrons. The molecule has 0 spiro atoms. The minimum absolute atomic E-state index is 0.152. The summed E-state index contributed by atoms with van der Waals surface area (Å²) in [4.78, 5) is 0. The lowest BCUT2D eigenvalue weighted by atomic mass is 9.79. The summed E-state index contributed by atoms with van der Waals surface area (Å²) in [5, 5.41) is 9.17. The van der Waals surface area contributed by atoms with Crippen LogP contribution in [0.25, 0.3) is 0 Å². The van der Waals surface area contributed by atoms with Gasteiger partial charge in [0.15, 0.2) is 0 Å². The van der Waals surface area contributed by atoms with E-state index >= 15 is 0 Å². The van der Waals surface area contributed by atoms with E-state index in [2.05, 4.69) is 0 Å². The summed E-state index contributed by atoms with van der Waals surface area (Å²) in [7, 11) is 0. The minimum Gasteiger partial charge on any atom is -0.508 e. The van der Waals surface area contributed by atoms with Crippen molar-refractivity contribution in [3.8, 4) is 5.75 Å². The number of phenols is 1. The third-order valence-electron chi connectivity index (χ3n) is 2.75. The van der Waals surface area contributed by atoms with Crippen LogP contribution in [0.1, 0.15) is 31.0 Å². The average molecular weight is 180 g/mol. The summed E-state index contributed by atoms with van der Waals surface area (Å²) >= 11 is 0. The normalized spacial score (nSPS) is 19.5. The lowest BCUT2D eigenvalue weighted by molar-refractivity contribution is 0.150. The zero-order valence-electron chi connectivity index (χ0n) is 7.41. The number of hydrogen-bond donors (Lipinski definition) is 1. The summed E-state index contributed by atoms with van der Waals surface area (Å²) in [6.45, 7) is 0. The van der Waals surface area contributed by atoms with Crippen LogP contribution in [-0.4, -0.2) is 5.11 Å². The van der Waals surface area contributed by atoms with E-state index < -0.39 is 6.17 Å². The lowest BCUT2D eigenvalue weighted by Crippen LogP contribution is -2.17. The first-order chi connectivity index (χ1) is 6.27. The first-order valence-corrected chi connectivity index (χ1v) is 4.70. The Balaban J connectivity index is 2.14. The summed E-state index contributed by atoms with van der Waals surface area (Å²) in [6, 6.07) is 6.51. The van der Waals surface area contributed by atoms with Gasteiger partial charge in [-0.2, -0.15) is 0 Å². The van der Waals surface area contributed by atoms with Gasteiger partial charge in [-0.1, -0.05) is 18.6 Å². The molecule has 2 rings (SSSR count). The zero-order chi connectivity index (χ0) is 9.26. The van der Waals surface area contributed by atoms with E-state index in [0.29, 0.717) is 5.56 Å². The molecule has 1 nitrogen and oxygen atoms in total. The molecule has 13 heavy (non-hydrogen) atoms. The molecule has 0 aromatic heterocycles. The third-order valence-corrected chi connectivity index (χ3v) is 2.75. The molecule has 0 radical (unpaired) electrons. The van der Waals surface area contributed by atoms with Crippen LogP contribution < -0.4 is 0 Å². The summed E-state index contributed by atoms with van der Waals surface area (Å²) in [5.41, 5.74) is 0.615. The highest BCUT2D eigenvalue weighted by Crippen LogP contribution is 2.40. The molecule has 1 atom stereocenters. The number of phenolic OH excluding ortho intramolecular Hbond substituents is 1. The Labute approximate surface area is 77.2 Å². The van der Waals surface area contributed by atoms with Crippen LogP contribution in [0, 0.1) is 5.92 Å². The Morgan fingerprint density at radius 1 is 1.38 bits per heavy atom. The second-order valence-corrected chi connectivity index (χ2v) is 3.69. The second kappa shape index (κ2) is 3.36. The third kappa shape index (κ3) is 1.67. The van der Waals surface area contributed by atoms with Crippen LogP contribution >= 0.6 is 0 Å². The fraction of sp³-hybridized carbons (Fsp3) is 0.455. The molecule has 1 unspecified atom stereocenters. The van der Waals surface area contributed by atoms with Gasteiger partial charge < -0.3 is 5.11 Å². The standard InChI is InChI=1S/C11H13FO/c12-11(8-3-1-4-8)9-5-2-6-10(13)7-9/h2,5-8,11,13H,1,3-4H2. The topological polar surface area (TPSA) is 20.2 Å². The molecule has 1 aromatic carbocycles. The summed E-state index contributed by atoms with van der Waals surface area (Å²) < 4.78 is 13.6. The first-order valence-electron chi connectivity index (χ1n) is 4.70. The van der Waals surface area contributed by atoms with E-state index in [1.54, 1.807) is 18.2 Å². The van der Waals surface area contributed by atoms with Gasteiger partial charge in [0.1, 0.15) is 11.9 Å². The Kier molecular flexibility index (Phi) is 2.21. The van der Waals surface area contributed by atoms with Crippen LogP contribution in [-0.2, 0) is 0 Å². The first kappa shape index (κ1) is 8.54. The predicted molar refractivity (Wildman–Crippen MR) is 49.3 cm³/mol. The number of hydrogen-bond acceptors (Lipinski definition) is 1. The number of aromatic hydroxyl groups is 1. The highest BCUT2D eigenvalue weighted by molar-refractivity contribution is 5.29. The number of benzene rings is 1. The Morgan fingerprint density at radius 3 is 2.69 bits per heavy atom. The van der Waals surface area contributed by atoms with Gasteiger partial charge in [0.25, 0.3) is 0 Å². The molecule has 0 bridgehead atoms. The van der Waals surface area contributed by atoms with Gasteiger partial charge in [0.2, 0.25) is 0 Å². The van der Waals surface area contributed by atoms with Gasteiger partial charge >= 0.3 is 0 Å². The molecular formula is C11H13FO. The average Bonchev–Trinajstić information content (AvgIpc) is 2.01. The SMILES string of the molecule is Oc1cccc(C(F)C2CCC2)c1. The van der Waals surface area contributed by atoms with E-state index in [4.69, 9.17) is 5.11 Å². The van der Waals surface area contributed by atoms with E-state index in [9.17, 15) is 4.39 Å². The smallest absolute Gasteiger partial charge is 0.128 e. The van der Waals surface area contributed by atoms with Crippen molar-refractivity contribution in [2.45, 2.75) is 25.4 Å². The Bertz CT molecular complexity index is 294. The molecule has 0 amide bonds. The van der Waals surface area contributed by atoms with Gasteiger partial charge in [-0.3, -0.25) is 0 Å². The van der Waals surface area contributed by atoms with Crippen molar-refractivity contribution in [1.82, 2.24) is 0 Å². The van der Waals surface area contributed by atoms with Crippen LogP contribution in [0.3, 0.4) is 0 Å². The zero-order valence-corrected chi connectivity index (χ0v) is 7.41. The van der Waals surface area contributed by atoms with Crippen molar-refractivity contribution < 1.29 is 9.50 Å². The molecule has 1 aromatic rings. The van der Waals surface area contributed by atoms with Crippen LogP contribution in [0.15, 0.2) is 24.3 Å². The maximum atomic E-state index is 13.6. The summed E-state index contributed by atoms with van der Waals surface area (Å²) in [5.74, 6) is 0.335. The van der Waals surface area contributed by atoms with Gasteiger partial charge in [-0.15, -0.1) is 0 Å². The maximum absolute atomic E-state index is 13.6. The van der Waals surface area contributed by atoms with Crippen LogP contribution in [0.2, 0.25) is 0 Å². The van der Waals surface area contributed by atoms with E-state index in [1.807, 2.05) is 0 Å². The van der Waals surface area contributed by atoms with Gasteiger partial charge in [0, 0.05) is 0 Å². The van der Waals surface area contributed by atoms with E-state index in [-0.39, 0.29) is 11.7 Å². The molecular weight excluding hydrogens is 167 g/mol. The highest BCUT2D eigenvalue weighted by Gasteiger charge is 2.28. The quantitative estimate of drug-likeness (QED) is 0.741. The number of halogens is 1. The van der Waals surface area contributed by atoms with Crippen molar-refractivity contribution in [2.75, 3.05) is 0 Å². The molecule has 0 heterocycles. The van der Waals surface area contributed by atoms with Crippen molar-refractivity contribution >= 4 is 0 Å². The van der Waals surface area contributed by atoms with E-state index in [0.717, 1.165) is 19.3 Å². The monoisotopic (exact) mass is 180 g/mol. The van der Waals surface area contributed by atoms with E-state index in [1.165, 1.54) is 6.07 Å². The maximum Gasteiger partial charge on any atom is 0.128 e. The molecule has 1 N–H and O–H groups in total. The Hall–Kier alpha value is -1.05. The molecule has 1 fully saturated rings. The predicted octanol–water partition coefficient (Wildman–Crippen LogP) is 3.20. The van der Waals surface area contributed by atoms with Crippen molar-refractivity contribution in [3.63, 3.8) is 0 Å². The van der Waals surface area contributed by atoms with Crippen LogP contribution in [0.5, 0.6) is 5.75 Å². The number of alkyl halides is 1. The molecule has 0 aliphatic heterocycles. The summed E-state index contributed by atoms with van der Waals surface area (Å²) in [6.07, 6.45) is 2.22. The molecule has 1 saturated carbocycles. The largest absolute Gasteiger partial charge is 0.508 e. The Morgan fingerprint density at radius 2 is 2.15 bits per heavy atom. The molecule has 1 aliphatic rings. The number of rotatable bonds is 2. The van der Waals surface area contributed by atoms with Gasteiger partial charge in [0.05, 0.1) is 0 Å². The van der Waals surface area contributed by atoms with Gasteiger partial charge in [-0.25, -0.2) is 4.39 Å². The molecule has 2 heteroatoms. The van der Waals surface area contributed by atoms with Crippen LogP contribution in [0.4, 0.5) is 4.39 Å². The fourth-order valence-electron chi connectivity index (χ4n) is 1.70.